The van der Waals surface area contributed by atoms with E-state index in [-0.39, 0.29) is 10.8 Å². The minimum Gasteiger partial charge on any atom is -0.393 e. The molecule has 0 aliphatic heterocycles. The van der Waals surface area contributed by atoms with Gasteiger partial charge in [-0.1, -0.05) is 57.2 Å². The second kappa shape index (κ2) is 10.6. The summed E-state index contributed by atoms with van der Waals surface area (Å²) in [5.74, 6) is 1.65. The van der Waals surface area contributed by atoms with Crippen LogP contribution in [0.2, 0.25) is 0 Å². The number of aliphatic hydroxyl groups is 3. The number of allylic oxidation sites excluding steroid dienone is 4. The van der Waals surface area contributed by atoms with Crippen LogP contribution >= 0.6 is 11.3 Å². The molecule has 0 saturated heterocycles. The van der Waals surface area contributed by atoms with E-state index < -0.39 is 18.3 Å². The first-order chi connectivity index (χ1) is 17.7. The van der Waals surface area contributed by atoms with Gasteiger partial charge in [0.05, 0.1) is 18.3 Å². The summed E-state index contributed by atoms with van der Waals surface area (Å²) in [4.78, 5) is 2.77. The molecule has 4 aliphatic carbocycles. The van der Waals surface area contributed by atoms with Gasteiger partial charge in [0.2, 0.25) is 0 Å². The van der Waals surface area contributed by atoms with Gasteiger partial charge in [-0.05, 0) is 104 Å². The van der Waals surface area contributed by atoms with Gasteiger partial charge in [0.25, 0.3) is 0 Å². The van der Waals surface area contributed by atoms with Crippen LogP contribution in [-0.2, 0) is 11.8 Å². The van der Waals surface area contributed by atoms with Crippen LogP contribution in [0.1, 0.15) is 88.3 Å². The van der Waals surface area contributed by atoms with Crippen LogP contribution in [0.25, 0.3) is 0 Å². The molecule has 1 heterocycles. The highest BCUT2D eigenvalue weighted by molar-refractivity contribution is 7.12. The maximum absolute atomic E-state index is 11.2. The molecule has 3 N–H and O–H groups in total. The lowest BCUT2D eigenvalue weighted by molar-refractivity contribution is 0.0862. The average molecular weight is 523 g/mol. The van der Waals surface area contributed by atoms with Gasteiger partial charge in [-0.25, -0.2) is 0 Å². The lowest BCUT2D eigenvalue weighted by atomic mass is 9.61. The number of aryl methyl sites for hydroxylation is 1. The number of fused-ring (bicyclic) bond motifs is 1. The molecule has 5 rings (SSSR count). The normalized spacial score (nSPS) is 37.3. The molecule has 0 spiro atoms. The van der Waals surface area contributed by atoms with Gasteiger partial charge in [-0.3, -0.25) is 0 Å². The van der Waals surface area contributed by atoms with Crippen molar-refractivity contribution in [2.75, 3.05) is 0 Å². The second-order valence-corrected chi connectivity index (χ2v) is 13.8. The van der Waals surface area contributed by atoms with Crippen molar-refractivity contribution in [2.45, 2.75) is 109 Å². The zero-order valence-electron chi connectivity index (χ0n) is 23.0. The third kappa shape index (κ3) is 5.12. The van der Waals surface area contributed by atoms with E-state index in [1.54, 1.807) is 0 Å². The fraction of sp³-hybridized carbons (Fsp3) is 0.636. The number of thiophene rings is 1. The standard InChI is InChI=1S/C33H46O3S/c1-5-26-11-15-31(37-26)33(17-18-33)30(36)14-8-21(2)27-12-13-28-23(7-6-16-32(27,28)4)9-10-24-19-25(34)20-29(35)22(24)3/h8-11,14-15,21,25,27-30,34-36H,3,5-7,12-13,16-20H2,1-2,4H3/b14-8+,23-9+,24-10-/t21-,25-,27-,28+,29+,30+,32-/m1/s1. The summed E-state index contributed by atoms with van der Waals surface area (Å²) in [6.45, 7) is 11.1. The summed E-state index contributed by atoms with van der Waals surface area (Å²) in [5, 5.41) is 31.6. The Bertz CT molecular complexity index is 1090. The largest absolute Gasteiger partial charge is 0.393 e. The van der Waals surface area contributed by atoms with Gasteiger partial charge in [0.15, 0.2) is 0 Å². The van der Waals surface area contributed by atoms with E-state index in [9.17, 15) is 15.3 Å². The molecule has 4 saturated carbocycles. The van der Waals surface area contributed by atoms with Crippen LogP contribution < -0.4 is 0 Å². The molecule has 4 heteroatoms. The highest BCUT2D eigenvalue weighted by Gasteiger charge is 2.52. The van der Waals surface area contributed by atoms with E-state index in [2.05, 4.69) is 63.8 Å². The Morgan fingerprint density at radius 2 is 1.92 bits per heavy atom. The van der Waals surface area contributed by atoms with Gasteiger partial charge < -0.3 is 15.3 Å². The fourth-order valence-corrected chi connectivity index (χ4v) is 9.09. The van der Waals surface area contributed by atoms with Gasteiger partial charge in [0.1, 0.15) is 0 Å². The Morgan fingerprint density at radius 1 is 1.14 bits per heavy atom. The van der Waals surface area contributed by atoms with Crippen LogP contribution in [-0.4, -0.2) is 33.6 Å². The van der Waals surface area contributed by atoms with E-state index in [4.69, 9.17) is 0 Å². The van der Waals surface area contributed by atoms with Gasteiger partial charge in [-0.15, -0.1) is 11.3 Å². The molecule has 3 nitrogen and oxygen atoms in total. The Balaban J connectivity index is 1.28. The van der Waals surface area contributed by atoms with Crippen molar-refractivity contribution in [3.05, 3.63) is 69.5 Å². The topological polar surface area (TPSA) is 60.7 Å². The Kier molecular flexibility index (Phi) is 7.77. The SMILES string of the molecule is C=C1/C(=C\C=C2/CCC[C@]3(C)[C@@H]([C@H](C)/C=C/[C@H](O)C4(c5ccc(CC)s5)CC4)CC[C@@H]23)C[C@@H](O)C[C@@H]1O. The number of aliphatic hydroxyl groups excluding tert-OH is 3. The molecular formula is C33H46O3S. The molecule has 0 aromatic carbocycles. The van der Waals surface area contributed by atoms with E-state index in [1.165, 1.54) is 41.0 Å². The predicted molar refractivity (Wildman–Crippen MR) is 154 cm³/mol. The summed E-state index contributed by atoms with van der Waals surface area (Å²) >= 11 is 1.88. The van der Waals surface area contributed by atoms with Crippen LogP contribution in [0, 0.1) is 23.2 Å². The predicted octanol–water partition coefficient (Wildman–Crippen LogP) is 7.04. The molecule has 0 amide bonds. The quantitative estimate of drug-likeness (QED) is 0.337. The Morgan fingerprint density at radius 3 is 2.62 bits per heavy atom. The van der Waals surface area contributed by atoms with Crippen molar-refractivity contribution in [1.82, 2.24) is 0 Å². The fourth-order valence-electron chi connectivity index (χ4n) is 7.87. The van der Waals surface area contributed by atoms with Crippen LogP contribution in [0.5, 0.6) is 0 Å². The molecule has 0 bridgehead atoms. The lowest BCUT2D eigenvalue weighted by Gasteiger charge is -2.44. The summed E-state index contributed by atoms with van der Waals surface area (Å²) in [6.07, 6.45) is 17.6. The van der Waals surface area contributed by atoms with Crippen LogP contribution in [0.15, 0.2) is 59.7 Å². The first-order valence-corrected chi connectivity index (χ1v) is 15.4. The molecule has 4 fully saturated rings. The summed E-state index contributed by atoms with van der Waals surface area (Å²) < 4.78 is 0. The second-order valence-electron chi connectivity index (χ2n) is 12.6. The lowest BCUT2D eigenvalue weighted by Crippen LogP contribution is -2.35. The van der Waals surface area contributed by atoms with E-state index in [0.29, 0.717) is 30.6 Å². The van der Waals surface area contributed by atoms with E-state index in [0.717, 1.165) is 36.8 Å². The maximum Gasteiger partial charge on any atom is 0.0825 e. The minimum atomic E-state index is -0.632. The highest BCUT2D eigenvalue weighted by atomic mass is 32.1. The summed E-state index contributed by atoms with van der Waals surface area (Å²) in [6, 6.07) is 4.48. The van der Waals surface area contributed by atoms with E-state index >= 15 is 0 Å². The van der Waals surface area contributed by atoms with Crippen molar-refractivity contribution in [1.29, 1.82) is 0 Å². The van der Waals surface area contributed by atoms with Crippen molar-refractivity contribution in [2.24, 2.45) is 23.2 Å². The van der Waals surface area contributed by atoms with Crippen molar-refractivity contribution < 1.29 is 15.3 Å². The zero-order valence-corrected chi connectivity index (χ0v) is 23.8. The minimum absolute atomic E-state index is 0.0467. The zero-order chi connectivity index (χ0) is 26.4. The summed E-state index contributed by atoms with van der Waals surface area (Å²) in [5.41, 5.74) is 3.53. The molecule has 1 aromatic rings. The van der Waals surface area contributed by atoms with Gasteiger partial charge in [0, 0.05) is 21.6 Å². The highest BCUT2D eigenvalue weighted by Crippen LogP contribution is 2.60. The Labute approximate surface area is 227 Å². The maximum atomic E-state index is 11.2. The third-order valence-electron chi connectivity index (χ3n) is 10.4. The van der Waals surface area contributed by atoms with Crippen LogP contribution in [0.4, 0.5) is 0 Å². The first-order valence-electron chi connectivity index (χ1n) is 14.6. The molecule has 4 aliphatic rings. The van der Waals surface area contributed by atoms with Crippen LogP contribution in [0.3, 0.4) is 0 Å². The van der Waals surface area contributed by atoms with Crippen molar-refractivity contribution >= 4 is 11.3 Å². The van der Waals surface area contributed by atoms with E-state index in [1.807, 2.05) is 11.3 Å². The smallest absolute Gasteiger partial charge is 0.0825 e. The third-order valence-corrected chi connectivity index (χ3v) is 11.8. The summed E-state index contributed by atoms with van der Waals surface area (Å²) in [7, 11) is 0. The number of hydrogen-bond donors (Lipinski definition) is 3. The Hall–Kier alpha value is -1.46. The molecule has 0 unspecified atom stereocenters. The van der Waals surface area contributed by atoms with Crippen molar-refractivity contribution in [3.8, 4) is 0 Å². The van der Waals surface area contributed by atoms with Crippen molar-refractivity contribution in [3.63, 3.8) is 0 Å². The molecule has 7 atom stereocenters. The molecule has 37 heavy (non-hydrogen) atoms. The van der Waals surface area contributed by atoms with Gasteiger partial charge >= 0.3 is 0 Å². The number of rotatable bonds is 7. The number of hydrogen-bond acceptors (Lipinski definition) is 4. The average Bonchev–Trinajstić information content (AvgIpc) is 3.39. The monoisotopic (exact) mass is 522 g/mol. The molecular weight excluding hydrogens is 476 g/mol. The van der Waals surface area contributed by atoms with Gasteiger partial charge in [-0.2, -0.15) is 0 Å². The molecule has 0 radical (unpaired) electrons. The first kappa shape index (κ1) is 27.1. The molecule has 1 aromatic heterocycles. The molecule has 202 valence electrons.